The molecule has 3 N–H and O–H groups in total. The summed E-state index contributed by atoms with van der Waals surface area (Å²) in [6.45, 7) is 3.43. The molecule has 116 valence electrons. The Balaban J connectivity index is 2.07. The molecule has 1 amide bonds. The number of rotatable bonds is 4. The maximum absolute atomic E-state index is 12.2. The second-order valence-electron chi connectivity index (χ2n) is 4.85. The number of nitrogens with two attached hydrogens (primary N) is 1. The Kier molecular flexibility index (Phi) is 4.81. The maximum Gasteiger partial charge on any atom is 0.241 e. The van der Waals surface area contributed by atoms with Gasteiger partial charge in [-0.3, -0.25) is 4.79 Å². The number of sulfonamides is 1. The lowest BCUT2D eigenvalue weighted by Gasteiger charge is -2.29. The van der Waals surface area contributed by atoms with Crippen molar-refractivity contribution < 1.29 is 17.9 Å². The summed E-state index contributed by atoms with van der Waals surface area (Å²) in [5.74, 6) is -0.259. The molecule has 1 atom stereocenters. The highest BCUT2D eigenvalue weighted by molar-refractivity contribution is 7.89. The summed E-state index contributed by atoms with van der Waals surface area (Å²) in [7, 11) is -3.77. The van der Waals surface area contributed by atoms with E-state index in [2.05, 4.69) is 4.72 Å². The monoisotopic (exact) mass is 313 g/mol. The molecule has 1 aromatic rings. The normalized spacial score (nSPS) is 17.5. The standard InChI is InChI=1S/C13H19N3O4S/c1-10(13(17)16-5-7-20-8-6-16)15-21(18,19)12-4-2-3-11(14)9-12/h2-4,9-10,15H,5-8,14H2,1H3. The Morgan fingerprint density at radius 3 is 2.67 bits per heavy atom. The number of carbonyl (C=O) groups excluding carboxylic acids is 1. The van der Waals surface area contributed by atoms with Gasteiger partial charge >= 0.3 is 0 Å². The van der Waals surface area contributed by atoms with Crippen LogP contribution in [0.4, 0.5) is 5.69 Å². The molecule has 1 aliphatic rings. The third kappa shape index (κ3) is 3.93. The Hall–Kier alpha value is -1.64. The molecule has 8 heteroatoms. The Labute approximate surface area is 124 Å². The predicted molar refractivity (Wildman–Crippen MR) is 78.0 cm³/mol. The van der Waals surface area contributed by atoms with Crippen molar-refractivity contribution in [1.29, 1.82) is 0 Å². The molecule has 0 radical (unpaired) electrons. The molecule has 0 aromatic heterocycles. The number of nitrogens with zero attached hydrogens (tertiary/aromatic N) is 1. The van der Waals surface area contributed by atoms with Gasteiger partial charge in [0.05, 0.1) is 24.2 Å². The Morgan fingerprint density at radius 1 is 1.38 bits per heavy atom. The summed E-state index contributed by atoms with van der Waals surface area (Å²) in [5, 5.41) is 0. The first-order valence-electron chi connectivity index (χ1n) is 6.64. The number of nitrogens with one attached hydrogen (secondary N) is 1. The molecular weight excluding hydrogens is 294 g/mol. The van der Waals surface area contributed by atoms with Crippen LogP contribution >= 0.6 is 0 Å². The second kappa shape index (κ2) is 6.42. The topological polar surface area (TPSA) is 102 Å². The minimum absolute atomic E-state index is 0.0455. The van der Waals surface area contributed by atoms with E-state index >= 15 is 0 Å². The summed E-state index contributed by atoms with van der Waals surface area (Å²) in [5.41, 5.74) is 5.93. The number of anilines is 1. The quantitative estimate of drug-likeness (QED) is 0.749. The van der Waals surface area contributed by atoms with Crippen molar-refractivity contribution in [3.05, 3.63) is 24.3 Å². The van der Waals surface area contributed by atoms with Gasteiger partial charge in [-0.2, -0.15) is 4.72 Å². The number of nitrogen functional groups attached to an aromatic ring is 1. The zero-order valence-corrected chi connectivity index (χ0v) is 12.6. The van der Waals surface area contributed by atoms with Gasteiger partial charge in [-0.1, -0.05) is 6.07 Å². The molecule has 1 unspecified atom stereocenters. The van der Waals surface area contributed by atoms with Gasteiger partial charge in [-0.05, 0) is 25.1 Å². The molecular formula is C13H19N3O4S. The van der Waals surface area contributed by atoms with Gasteiger partial charge in [0.1, 0.15) is 0 Å². The number of amides is 1. The molecule has 7 nitrogen and oxygen atoms in total. The van der Waals surface area contributed by atoms with Crippen molar-refractivity contribution in [3.63, 3.8) is 0 Å². The second-order valence-corrected chi connectivity index (χ2v) is 6.57. The summed E-state index contributed by atoms with van der Waals surface area (Å²) < 4.78 is 32.0. The van der Waals surface area contributed by atoms with E-state index in [1.165, 1.54) is 19.1 Å². The van der Waals surface area contributed by atoms with Gasteiger partial charge in [0.2, 0.25) is 15.9 Å². The van der Waals surface area contributed by atoms with Crippen molar-refractivity contribution in [2.24, 2.45) is 0 Å². The summed E-state index contributed by atoms with van der Waals surface area (Å²) in [6.07, 6.45) is 0. The molecule has 1 aromatic carbocycles. The molecule has 1 aliphatic heterocycles. The first-order valence-corrected chi connectivity index (χ1v) is 8.13. The Bertz CT molecular complexity index is 612. The molecule has 21 heavy (non-hydrogen) atoms. The average molecular weight is 313 g/mol. The predicted octanol–water partition coefficient (Wildman–Crippen LogP) is -0.206. The van der Waals surface area contributed by atoms with Crippen molar-refractivity contribution in [2.75, 3.05) is 32.0 Å². The lowest BCUT2D eigenvalue weighted by molar-refractivity contribution is -0.136. The van der Waals surface area contributed by atoms with Crippen LogP contribution in [0.15, 0.2) is 29.2 Å². The number of hydrogen-bond acceptors (Lipinski definition) is 5. The van der Waals surface area contributed by atoms with Crippen LogP contribution in [0, 0.1) is 0 Å². The number of carbonyl (C=O) groups is 1. The zero-order chi connectivity index (χ0) is 15.5. The number of hydrogen-bond donors (Lipinski definition) is 2. The number of morpholine rings is 1. The van der Waals surface area contributed by atoms with Gasteiger partial charge in [-0.15, -0.1) is 0 Å². The fourth-order valence-electron chi connectivity index (χ4n) is 2.09. The van der Waals surface area contributed by atoms with Crippen LogP contribution in [-0.2, 0) is 19.6 Å². The first-order chi connectivity index (χ1) is 9.90. The van der Waals surface area contributed by atoms with Gasteiger partial charge in [0, 0.05) is 18.8 Å². The molecule has 1 fully saturated rings. The van der Waals surface area contributed by atoms with E-state index in [1.807, 2.05) is 0 Å². The molecule has 0 spiro atoms. The van der Waals surface area contributed by atoms with Crippen LogP contribution in [-0.4, -0.2) is 51.6 Å². The highest BCUT2D eigenvalue weighted by Gasteiger charge is 2.26. The van der Waals surface area contributed by atoms with E-state index in [4.69, 9.17) is 10.5 Å². The highest BCUT2D eigenvalue weighted by atomic mass is 32.2. The fourth-order valence-corrected chi connectivity index (χ4v) is 3.34. The minimum Gasteiger partial charge on any atom is -0.399 e. The van der Waals surface area contributed by atoms with Crippen LogP contribution < -0.4 is 10.5 Å². The summed E-state index contributed by atoms with van der Waals surface area (Å²) in [4.78, 5) is 13.8. The Morgan fingerprint density at radius 2 is 2.05 bits per heavy atom. The summed E-state index contributed by atoms with van der Waals surface area (Å²) >= 11 is 0. The zero-order valence-electron chi connectivity index (χ0n) is 11.8. The number of benzene rings is 1. The first kappa shape index (κ1) is 15.7. The van der Waals surface area contributed by atoms with Crippen LogP contribution in [0.2, 0.25) is 0 Å². The minimum atomic E-state index is -3.77. The van der Waals surface area contributed by atoms with E-state index in [0.29, 0.717) is 32.0 Å². The molecule has 1 heterocycles. The molecule has 0 aliphatic carbocycles. The summed E-state index contributed by atoms with van der Waals surface area (Å²) in [6, 6.07) is 5.10. The molecule has 2 rings (SSSR count). The van der Waals surface area contributed by atoms with E-state index in [9.17, 15) is 13.2 Å². The van der Waals surface area contributed by atoms with Crippen LogP contribution in [0.1, 0.15) is 6.92 Å². The third-order valence-corrected chi connectivity index (χ3v) is 4.73. The van der Waals surface area contributed by atoms with Crippen molar-refractivity contribution in [1.82, 2.24) is 9.62 Å². The van der Waals surface area contributed by atoms with E-state index in [1.54, 1.807) is 17.0 Å². The molecule has 0 bridgehead atoms. The smallest absolute Gasteiger partial charge is 0.241 e. The van der Waals surface area contributed by atoms with Crippen LogP contribution in [0.5, 0.6) is 0 Å². The van der Waals surface area contributed by atoms with Gasteiger partial charge in [-0.25, -0.2) is 8.42 Å². The maximum atomic E-state index is 12.2. The lowest BCUT2D eigenvalue weighted by atomic mass is 10.3. The van der Waals surface area contributed by atoms with Crippen molar-refractivity contribution >= 4 is 21.6 Å². The average Bonchev–Trinajstić information content (AvgIpc) is 2.47. The lowest BCUT2D eigenvalue weighted by Crippen LogP contribution is -2.50. The third-order valence-electron chi connectivity index (χ3n) is 3.19. The number of ether oxygens (including phenoxy) is 1. The van der Waals surface area contributed by atoms with E-state index in [0.717, 1.165) is 0 Å². The molecule has 1 saturated heterocycles. The van der Waals surface area contributed by atoms with Gasteiger partial charge in [0.15, 0.2) is 0 Å². The largest absolute Gasteiger partial charge is 0.399 e. The highest BCUT2D eigenvalue weighted by Crippen LogP contribution is 2.13. The van der Waals surface area contributed by atoms with E-state index in [-0.39, 0.29) is 10.8 Å². The van der Waals surface area contributed by atoms with Crippen LogP contribution in [0.3, 0.4) is 0 Å². The van der Waals surface area contributed by atoms with Gasteiger partial charge < -0.3 is 15.4 Å². The van der Waals surface area contributed by atoms with Gasteiger partial charge in [0.25, 0.3) is 0 Å². The fraction of sp³-hybridized carbons (Fsp3) is 0.462. The molecule has 0 saturated carbocycles. The van der Waals surface area contributed by atoms with Crippen molar-refractivity contribution in [2.45, 2.75) is 17.9 Å². The van der Waals surface area contributed by atoms with Crippen molar-refractivity contribution in [3.8, 4) is 0 Å². The van der Waals surface area contributed by atoms with E-state index < -0.39 is 16.1 Å². The van der Waals surface area contributed by atoms with Crippen LogP contribution in [0.25, 0.3) is 0 Å². The SMILES string of the molecule is CC(NS(=O)(=O)c1cccc(N)c1)C(=O)N1CCOCC1.